The van der Waals surface area contributed by atoms with Gasteiger partial charge in [-0.15, -0.1) is 0 Å². The van der Waals surface area contributed by atoms with E-state index in [-0.39, 0.29) is 11.7 Å². The van der Waals surface area contributed by atoms with Gasteiger partial charge in [0.2, 0.25) is 5.95 Å². The number of hydrogen-bond acceptors (Lipinski definition) is 7. The van der Waals surface area contributed by atoms with Crippen LogP contribution in [-0.4, -0.2) is 62.0 Å². The second-order valence-electron chi connectivity index (χ2n) is 10.5. The number of aliphatic hydroxyl groups is 1. The highest BCUT2D eigenvalue weighted by Crippen LogP contribution is 2.59. The molecule has 0 radical (unpaired) electrons. The lowest BCUT2D eigenvalue weighted by Gasteiger charge is -2.57. The molecule has 4 saturated carbocycles. The van der Waals surface area contributed by atoms with Crippen LogP contribution < -0.4 is 15.5 Å². The van der Waals surface area contributed by atoms with Gasteiger partial charge in [-0.3, -0.25) is 9.48 Å². The van der Waals surface area contributed by atoms with Gasteiger partial charge in [-0.1, -0.05) is 0 Å². The third-order valence-corrected chi connectivity index (χ3v) is 8.23. The Hall–Kier alpha value is -2.68. The molecule has 4 aliphatic carbocycles. The molecule has 2 aromatic heterocycles. The van der Waals surface area contributed by atoms with Gasteiger partial charge in [0.15, 0.2) is 0 Å². The zero-order valence-electron chi connectivity index (χ0n) is 18.5. The lowest BCUT2D eigenvalue weighted by Crippen LogP contribution is -2.55. The number of rotatable bonds is 4. The number of carbonyl (C=O) groups excluding carboxylic acids is 1. The van der Waals surface area contributed by atoms with Gasteiger partial charge in [0.1, 0.15) is 5.69 Å². The normalized spacial score (nSPS) is 36.0. The fourth-order valence-electron chi connectivity index (χ4n) is 7.15. The standard InChI is InChI=1S/C23H31N7O2/c1-14-12-28(4-5-29(14)22-25-3-2-19(27-22)21(24)31)18-11-26-30(13-18)20-16-6-15-7-17(20)10-23(32,8-15)9-16/h2-3,11,13-17,20,32H,4-10,12H2,1H3,(H2,24,31)/t14-,15?,16?,17?,20?,23?/m1/s1. The maximum absolute atomic E-state index is 11.5. The average molecular weight is 438 g/mol. The second kappa shape index (κ2) is 7.16. The van der Waals surface area contributed by atoms with E-state index in [1.165, 1.54) is 12.8 Å². The van der Waals surface area contributed by atoms with E-state index in [0.29, 0.717) is 29.7 Å². The molecule has 9 heteroatoms. The topological polar surface area (TPSA) is 113 Å². The van der Waals surface area contributed by atoms with Crippen LogP contribution in [0, 0.1) is 17.8 Å². The summed E-state index contributed by atoms with van der Waals surface area (Å²) >= 11 is 0. The van der Waals surface area contributed by atoms with E-state index in [1.807, 2.05) is 6.20 Å². The lowest BCUT2D eigenvalue weighted by atomic mass is 9.52. The maximum Gasteiger partial charge on any atom is 0.267 e. The van der Waals surface area contributed by atoms with Gasteiger partial charge in [0.25, 0.3) is 5.91 Å². The summed E-state index contributed by atoms with van der Waals surface area (Å²) in [5.74, 6) is 1.81. The molecule has 9 nitrogen and oxygen atoms in total. The Morgan fingerprint density at radius 1 is 1.22 bits per heavy atom. The van der Waals surface area contributed by atoms with E-state index in [9.17, 15) is 9.90 Å². The molecule has 1 aliphatic heterocycles. The van der Waals surface area contributed by atoms with Crippen molar-refractivity contribution in [3.63, 3.8) is 0 Å². The van der Waals surface area contributed by atoms with E-state index in [1.54, 1.807) is 12.3 Å². The third-order valence-electron chi connectivity index (χ3n) is 8.23. The van der Waals surface area contributed by atoms with Gasteiger partial charge in [-0.25, -0.2) is 9.97 Å². The molecule has 3 N–H and O–H groups in total. The number of nitrogens with two attached hydrogens (primary N) is 1. The highest BCUT2D eigenvalue weighted by Gasteiger charge is 2.55. The number of amides is 1. The van der Waals surface area contributed by atoms with Gasteiger partial charge in [0.05, 0.1) is 23.5 Å². The van der Waals surface area contributed by atoms with E-state index >= 15 is 0 Å². The Kier molecular flexibility index (Phi) is 4.47. The van der Waals surface area contributed by atoms with E-state index < -0.39 is 11.5 Å². The van der Waals surface area contributed by atoms with Gasteiger partial charge < -0.3 is 20.6 Å². The smallest absolute Gasteiger partial charge is 0.267 e. The molecule has 0 aromatic carbocycles. The fraction of sp³-hybridized carbons (Fsp3) is 0.652. The molecule has 3 heterocycles. The minimum atomic E-state index is -0.538. The predicted molar refractivity (Wildman–Crippen MR) is 119 cm³/mol. The van der Waals surface area contributed by atoms with Crippen LogP contribution in [0.2, 0.25) is 0 Å². The van der Waals surface area contributed by atoms with Crippen molar-refractivity contribution in [3.8, 4) is 0 Å². The summed E-state index contributed by atoms with van der Waals surface area (Å²) in [6.07, 6.45) is 11.1. The zero-order valence-corrected chi connectivity index (χ0v) is 18.5. The molecule has 2 aromatic rings. The third kappa shape index (κ3) is 3.25. The first-order chi connectivity index (χ1) is 15.4. The van der Waals surface area contributed by atoms with Crippen molar-refractivity contribution >= 4 is 17.5 Å². The quantitative estimate of drug-likeness (QED) is 0.747. The molecule has 32 heavy (non-hydrogen) atoms. The van der Waals surface area contributed by atoms with Crippen LogP contribution in [0.3, 0.4) is 0 Å². The van der Waals surface area contributed by atoms with Crippen molar-refractivity contribution < 1.29 is 9.90 Å². The van der Waals surface area contributed by atoms with Gasteiger partial charge in [0, 0.05) is 38.1 Å². The largest absolute Gasteiger partial charge is 0.390 e. The zero-order chi connectivity index (χ0) is 22.0. The number of anilines is 2. The van der Waals surface area contributed by atoms with Gasteiger partial charge in [-0.05, 0) is 62.8 Å². The Morgan fingerprint density at radius 3 is 2.69 bits per heavy atom. The number of carbonyl (C=O) groups is 1. The first kappa shape index (κ1) is 20.0. The van der Waals surface area contributed by atoms with Crippen molar-refractivity contribution in [2.75, 3.05) is 29.4 Å². The van der Waals surface area contributed by atoms with E-state index in [4.69, 9.17) is 10.8 Å². The predicted octanol–water partition coefficient (Wildman–Crippen LogP) is 1.60. The summed E-state index contributed by atoms with van der Waals surface area (Å²) in [6, 6.07) is 2.15. The Morgan fingerprint density at radius 2 is 2.00 bits per heavy atom. The number of nitrogens with zero attached hydrogens (tertiary/aromatic N) is 6. The van der Waals surface area contributed by atoms with Crippen molar-refractivity contribution in [1.82, 2.24) is 19.7 Å². The fourth-order valence-corrected chi connectivity index (χ4v) is 7.15. The number of piperazine rings is 1. The van der Waals surface area contributed by atoms with Crippen molar-refractivity contribution in [1.29, 1.82) is 0 Å². The van der Waals surface area contributed by atoms with Crippen molar-refractivity contribution in [2.45, 2.75) is 56.7 Å². The van der Waals surface area contributed by atoms with Crippen LogP contribution in [0.4, 0.5) is 11.6 Å². The summed E-state index contributed by atoms with van der Waals surface area (Å²) in [5, 5.41) is 15.7. The SMILES string of the molecule is C[C@@H]1CN(c2cnn(C3C4CC5CC3CC(O)(C5)C4)c2)CCN1c1nccc(C(N)=O)n1. The minimum Gasteiger partial charge on any atom is -0.390 e. The van der Waals surface area contributed by atoms with Gasteiger partial charge in [-0.2, -0.15) is 5.10 Å². The maximum atomic E-state index is 11.5. The first-order valence-corrected chi connectivity index (χ1v) is 11.8. The Balaban J connectivity index is 1.16. The molecule has 5 fully saturated rings. The molecule has 2 unspecified atom stereocenters. The van der Waals surface area contributed by atoms with Crippen LogP contribution in [-0.2, 0) is 0 Å². The minimum absolute atomic E-state index is 0.186. The van der Waals surface area contributed by atoms with Crippen molar-refractivity contribution in [3.05, 3.63) is 30.4 Å². The first-order valence-electron chi connectivity index (χ1n) is 11.8. The monoisotopic (exact) mass is 437 g/mol. The van der Waals surface area contributed by atoms with Crippen LogP contribution in [0.15, 0.2) is 24.7 Å². The Labute approximate surface area is 187 Å². The van der Waals surface area contributed by atoms with E-state index in [0.717, 1.165) is 44.6 Å². The highest BCUT2D eigenvalue weighted by atomic mass is 16.3. The molecular formula is C23H31N7O2. The summed E-state index contributed by atoms with van der Waals surface area (Å²) in [5.41, 5.74) is 6.36. The second-order valence-corrected chi connectivity index (χ2v) is 10.5. The molecule has 170 valence electrons. The van der Waals surface area contributed by atoms with Crippen LogP contribution in [0.5, 0.6) is 0 Å². The Bertz CT molecular complexity index is 1020. The van der Waals surface area contributed by atoms with Crippen LogP contribution in [0.1, 0.15) is 55.6 Å². The van der Waals surface area contributed by atoms with Gasteiger partial charge >= 0.3 is 0 Å². The molecule has 0 spiro atoms. The number of aromatic nitrogens is 4. The summed E-state index contributed by atoms with van der Waals surface area (Å²) in [7, 11) is 0. The average Bonchev–Trinajstić information content (AvgIpc) is 3.22. The van der Waals surface area contributed by atoms with Crippen molar-refractivity contribution in [2.24, 2.45) is 23.5 Å². The molecule has 1 amide bonds. The highest BCUT2D eigenvalue weighted by molar-refractivity contribution is 5.90. The lowest BCUT2D eigenvalue weighted by molar-refractivity contribution is -0.148. The molecular weight excluding hydrogens is 406 g/mol. The molecule has 7 rings (SSSR count). The molecule has 4 bridgehead atoms. The van der Waals surface area contributed by atoms with Crippen LogP contribution in [0.25, 0.3) is 0 Å². The number of primary amides is 1. The molecule has 5 aliphatic rings. The molecule has 1 saturated heterocycles. The number of hydrogen-bond donors (Lipinski definition) is 2. The summed E-state index contributed by atoms with van der Waals surface area (Å²) < 4.78 is 2.20. The van der Waals surface area contributed by atoms with E-state index in [2.05, 4.69) is 37.6 Å². The van der Waals surface area contributed by atoms with Crippen LogP contribution >= 0.6 is 0 Å². The molecule has 3 atom stereocenters. The summed E-state index contributed by atoms with van der Waals surface area (Å²) in [4.78, 5) is 24.7. The summed E-state index contributed by atoms with van der Waals surface area (Å²) in [6.45, 7) is 4.57.